The van der Waals surface area contributed by atoms with Crippen molar-refractivity contribution in [3.05, 3.63) is 10.1 Å². The van der Waals surface area contributed by atoms with Crippen LogP contribution in [0.4, 0.5) is 0 Å². The van der Waals surface area contributed by atoms with E-state index >= 15 is 0 Å². The Morgan fingerprint density at radius 1 is 1.05 bits per heavy atom. The molecule has 0 saturated carbocycles. The average Bonchev–Trinajstić information content (AvgIpc) is 2.45. The second-order valence-electron chi connectivity index (χ2n) is 5.49. The summed E-state index contributed by atoms with van der Waals surface area (Å²) in [7, 11) is -0.860. The molecule has 1 N–H and O–H groups in total. The molecule has 126 valence electrons. The van der Waals surface area contributed by atoms with Crippen molar-refractivity contribution in [3.63, 3.8) is 0 Å². The first-order valence-electron chi connectivity index (χ1n) is 8.34. The molecule has 0 aromatic carbocycles. The molecule has 0 radical (unpaired) electrons. The molecule has 0 aliphatic carbocycles. The smallest absolute Gasteiger partial charge is 0.203 e. The Morgan fingerprint density at radius 3 is 2.33 bits per heavy atom. The lowest BCUT2D eigenvalue weighted by Gasteiger charge is -2.18. The number of nitrogens with zero attached hydrogens (tertiary/aromatic N) is 1. The summed E-state index contributed by atoms with van der Waals surface area (Å²) in [6.45, 7) is 5.22. The third kappa shape index (κ3) is 12.9. The predicted molar refractivity (Wildman–Crippen MR) is 89.6 cm³/mol. The molecule has 0 amide bonds. The molecule has 5 nitrogen and oxygen atoms in total. The topological polar surface area (TPSA) is 72.2 Å². The van der Waals surface area contributed by atoms with Gasteiger partial charge in [0.1, 0.15) is 0 Å². The fourth-order valence-corrected chi connectivity index (χ4v) is 3.68. The SMILES string of the molecule is CCCCCNC(CCCC[N+](=O)[O-])S(=O)CCCCC. The maximum atomic E-state index is 12.3. The van der Waals surface area contributed by atoms with Gasteiger partial charge in [0.05, 0.1) is 5.37 Å². The second kappa shape index (κ2) is 14.4. The summed E-state index contributed by atoms with van der Waals surface area (Å²) in [5, 5.41) is 13.7. The predicted octanol–water partition coefficient (Wildman–Crippen LogP) is 3.48. The Labute approximate surface area is 131 Å². The van der Waals surface area contributed by atoms with Gasteiger partial charge in [-0.15, -0.1) is 0 Å². The standard InChI is InChI=1S/C15H32N2O3S/c1-3-5-8-12-16-15(11-7-9-13-17(18)19)21(20)14-10-6-4-2/h15-16H,3-14H2,1-2H3. The van der Waals surface area contributed by atoms with Gasteiger partial charge in [-0.1, -0.05) is 39.5 Å². The van der Waals surface area contributed by atoms with Crippen LogP contribution in [0.3, 0.4) is 0 Å². The van der Waals surface area contributed by atoms with Gasteiger partial charge in [0.15, 0.2) is 0 Å². The van der Waals surface area contributed by atoms with E-state index in [0.29, 0.717) is 6.42 Å². The highest BCUT2D eigenvalue weighted by Crippen LogP contribution is 2.09. The molecule has 0 aromatic rings. The van der Waals surface area contributed by atoms with Gasteiger partial charge in [-0.25, -0.2) is 0 Å². The van der Waals surface area contributed by atoms with Crippen LogP contribution in [0.15, 0.2) is 0 Å². The van der Waals surface area contributed by atoms with Crippen molar-refractivity contribution in [2.45, 2.75) is 77.0 Å². The van der Waals surface area contributed by atoms with Crippen molar-refractivity contribution in [3.8, 4) is 0 Å². The third-order valence-electron chi connectivity index (χ3n) is 3.48. The van der Waals surface area contributed by atoms with Gasteiger partial charge in [0, 0.05) is 27.9 Å². The highest BCUT2D eigenvalue weighted by Gasteiger charge is 2.15. The van der Waals surface area contributed by atoms with Crippen molar-refractivity contribution in [2.75, 3.05) is 18.8 Å². The molecule has 0 heterocycles. The van der Waals surface area contributed by atoms with Gasteiger partial charge in [-0.2, -0.15) is 0 Å². The first-order valence-corrected chi connectivity index (χ1v) is 9.72. The van der Waals surface area contributed by atoms with Crippen molar-refractivity contribution in [1.29, 1.82) is 0 Å². The lowest BCUT2D eigenvalue weighted by atomic mass is 10.2. The van der Waals surface area contributed by atoms with Crippen molar-refractivity contribution >= 4 is 10.8 Å². The molecule has 0 bridgehead atoms. The first-order chi connectivity index (χ1) is 10.1. The van der Waals surface area contributed by atoms with E-state index in [9.17, 15) is 14.3 Å². The van der Waals surface area contributed by atoms with Crippen LogP contribution in [0.2, 0.25) is 0 Å². The highest BCUT2D eigenvalue weighted by atomic mass is 32.2. The molecular weight excluding hydrogens is 288 g/mol. The van der Waals surface area contributed by atoms with Crippen LogP contribution in [0.25, 0.3) is 0 Å². The Bertz CT molecular complexity index is 288. The first kappa shape index (κ1) is 20.5. The number of hydrogen-bond acceptors (Lipinski definition) is 4. The van der Waals surface area contributed by atoms with E-state index in [0.717, 1.165) is 50.8 Å². The van der Waals surface area contributed by atoms with Crippen LogP contribution in [-0.4, -0.2) is 33.3 Å². The summed E-state index contributed by atoms with van der Waals surface area (Å²) in [6.07, 6.45) is 8.85. The average molecular weight is 320 g/mol. The summed E-state index contributed by atoms with van der Waals surface area (Å²) in [4.78, 5) is 10.1. The van der Waals surface area contributed by atoms with E-state index in [-0.39, 0.29) is 16.8 Å². The molecule has 0 spiro atoms. The largest absolute Gasteiger partial charge is 0.303 e. The van der Waals surface area contributed by atoms with Crippen LogP contribution in [-0.2, 0) is 10.8 Å². The van der Waals surface area contributed by atoms with E-state index < -0.39 is 10.8 Å². The molecule has 0 aromatic heterocycles. The molecule has 2 atom stereocenters. The Kier molecular flexibility index (Phi) is 14.1. The second-order valence-corrected chi connectivity index (χ2v) is 7.23. The highest BCUT2D eigenvalue weighted by molar-refractivity contribution is 7.85. The maximum Gasteiger partial charge on any atom is 0.203 e. The normalized spacial score (nSPS) is 14.0. The number of unbranched alkanes of at least 4 members (excludes halogenated alkanes) is 5. The fraction of sp³-hybridized carbons (Fsp3) is 1.00. The zero-order valence-corrected chi connectivity index (χ0v) is 14.5. The number of nitro groups is 1. The molecule has 0 aliphatic heterocycles. The number of rotatable bonds is 15. The third-order valence-corrected chi connectivity index (χ3v) is 5.20. The van der Waals surface area contributed by atoms with Gasteiger partial charge in [-0.05, 0) is 32.2 Å². The van der Waals surface area contributed by atoms with E-state index in [4.69, 9.17) is 0 Å². The Balaban J connectivity index is 4.06. The lowest BCUT2D eigenvalue weighted by molar-refractivity contribution is -0.480. The van der Waals surface area contributed by atoms with Crippen LogP contribution in [0.1, 0.15) is 71.6 Å². The van der Waals surface area contributed by atoms with Gasteiger partial charge in [0.25, 0.3) is 0 Å². The summed E-state index contributed by atoms with van der Waals surface area (Å²) in [5.41, 5.74) is 0. The Hall–Kier alpha value is -0.490. The van der Waals surface area contributed by atoms with Crippen LogP contribution < -0.4 is 5.32 Å². The zero-order chi connectivity index (χ0) is 15.9. The van der Waals surface area contributed by atoms with E-state index in [2.05, 4.69) is 19.2 Å². The van der Waals surface area contributed by atoms with Gasteiger partial charge in [-0.3, -0.25) is 14.3 Å². The van der Waals surface area contributed by atoms with E-state index in [1.807, 2.05) is 0 Å². The fourth-order valence-electron chi connectivity index (χ4n) is 2.17. The van der Waals surface area contributed by atoms with Crippen molar-refractivity contribution < 1.29 is 9.13 Å². The van der Waals surface area contributed by atoms with Crippen LogP contribution >= 0.6 is 0 Å². The minimum absolute atomic E-state index is 0.00506. The maximum absolute atomic E-state index is 12.3. The lowest BCUT2D eigenvalue weighted by Crippen LogP contribution is -2.35. The Morgan fingerprint density at radius 2 is 1.71 bits per heavy atom. The van der Waals surface area contributed by atoms with Gasteiger partial charge in [0.2, 0.25) is 6.54 Å². The quantitative estimate of drug-likeness (QED) is 0.285. The van der Waals surface area contributed by atoms with Crippen LogP contribution in [0, 0.1) is 10.1 Å². The van der Waals surface area contributed by atoms with Crippen LogP contribution in [0.5, 0.6) is 0 Å². The van der Waals surface area contributed by atoms with Gasteiger partial charge >= 0.3 is 0 Å². The molecular formula is C15H32N2O3S. The van der Waals surface area contributed by atoms with E-state index in [1.165, 1.54) is 12.8 Å². The molecule has 21 heavy (non-hydrogen) atoms. The molecule has 2 unspecified atom stereocenters. The van der Waals surface area contributed by atoms with Crippen molar-refractivity contribution in [1.82, 2.24) is 5.32 Å². The summed E-state index contributed by atoms with van der Waals surface area (Å²) in [5.74, 6) is 0.745. The minimum atomic E-state index is -0.860. The minimum Gasteiger partial charge on any atom is -0.303 e. The molecule has 0 fully saturated rings. The summed E-state index contributed by atoms with van der Waals surface area (Å²) >= 11 is 0. The molecule has 0 rings (SSSR count). The van der Waals surface area contributed by atoms with E-state index in [1.54, 1.807) is 0 Å². The molecule has 6 heteroatoms. The molecule has 0 saturated heterocycles. The summed E-state index contributed by atoms with van der Waals surface area (Å²) < 4.78 is 12.3. The van der Waals surface area contributed by atoms with Crippen molar-refractivity contribution in [2.24, 2.45) is 0 Å². The monoisotopic (exact) mass is 320 g/mol. The van der Waals surface area contributed by atoms with Gasteiger partial charge < -0.3 is 5.32 Å². The summed E-state index contributed by atoms with van der Waals surface area (Å²) in [6, 6.07) is 0. The number of hydrogen-bond donors (Lipinski definition) is 1. The molecule has 0 aliphatic rings. The number of nitrogens with one attached hydrogen (secondary N) is 1. The zero-order valence-electron chi connectivity index (χ0n) is 13.6.